The number of likely N-dealkylation sites (N-methyl/N-ethyl adjacent to an activating group) is 1. The van der Waals surface area contributed by atoms with Gasteiger partial charge >= 0.3 is 0 Å². The van der Waals surface area contributed by atoms with E-state index in [1.165, 1.54) is 17.0 Å². The lowest BCUT2D eigenvalue weighted by atomic mass is 10.1. The van der Waals surface area contributed by atoms with Crippen LogP contribution in [0, 0.1) is 13.8 Å². The molecule has 0 unspecified atom stereocenters. The van der Waals surface area contributed by atoms with E-state index in [1.54, 1.807) is 0 Å². The van der Waals surface area contributed by atoms with Gasteiger partial charge < -0.3 is 9.47 Å². The first-order valence-electron chi connectivity index (χ1n) is 7.46. The second kappa shape index (κ2) is 6.61. The predicted molar refractivity (Wildman–Crippen MR) is 86.1 cm³/mol. The summed E-state index contributed by atoms with van der Waals surface area (Å²) >= 11 is 0. The van der Waals surface area contributed by atoms with Crippen molar-refractivity contribution in [1.82, 2.24) is 9.47 Å². The van der Waals surface area contributed by atoms with Crippen LogP contribution in [0.5, 0.6) is 0 Å². The van der Waals surface area contributed by atoms with Crippen LogP contribution in [0.15, 0.2) is 36.4 Å². The Morgan fingerprint density at radius 1 is 1.19 bits per heavy atom. The Morgan fingerprint density at radius 3 is 2.38 bits per heavy atom. The third-order valence-electron chi connectivity index (χ3n) is 4.17. The zero-order chi connectivity index (χ0) is 15.4. The molecule has 0 aliphatic rings. The number of hydrogen-bond donors (Lipinski definition) is 0. The van der Waals surface area contributed by atoms with E-state index in [-0.39, 0.29) is 5.91 Å². The Bertz CT molecular complexity index is 614. The van der Waals surface area contributed by atoms with Crippen LogP contribution in [0.25, 0.3) is 0 Å². The molecule has 21 heavy (non-hydrogen) atoms. The second-order valence-electron chi connectivity index (χ2n) is 5.53. The Hall–Kier alpha value is -2.03. The summed E-state index contributed by atoms with van der Waals surface area (Å²) in [6.07, 6.45) is 0.480. The molecule has 0 saturated carbocycles. The van der Waals surface area contributed by atoms with Crippen molar-refractivity contribution in [3.8, 4) is 0 Å². The summed E-state index contributed by atoms with van der Waals surface area (Å²) in [4.78, 5) is 14.5. The second-order valence-corrected chi connectivity index (χ2v) is 5.53. The molecule has 0 fully saturated rings. The van der Waals surface area contributed by atoms with Crippen molar-refractivity contribution in [2.75, 3.05) is 6.54 Å². The van der Waals surface area contributed by atoms with Gasteiger partial charge in [-0.15, -0.1) is 0 Å². The molecule has 0 spiro atoms. The van der Waals surface area contributed by atoms with Crippen LogP contribution in [0.2, 0.25) is 0 Å². The molecule has 0 aliphatic carbocycles. The Labute approximate surface area is 127 Å². The van der Waals surface area contributed by atoms with Gasteiger partial charge in [0.25, 0.3) is 0 Å². The van der Waals surface area contributed by atoms with Crippen LogP contribution < -0.4 is 0 Å². The normalized spacial score (nSPS) is 10.7. The summed E-state index contributed by atoms with van der Waals surface area (Å²) in [5.74, 6) is 0.190. The molecule has 0 bridgehead atoms. The highest BCUT2D eigenvalue weighted by atomic mass is 16.2. The molecule has 1 heterocycles. The minimum Gasteiger partial charge on any atom is -0.352 e. The molecule has 2 rings (SSSR count). The number of rotatable bonds is 5. The average Bonchev–Trinajstić information content (AvgIpc) is 2.73. The topological polar surface area (TPSA) is 25.2 Å². The smallest absolute Gasteiger partial charge is 0.227 e. The van der Waals surface area contributed by atoms with E-state index < -0.39 is 0 Å². The average molecular weight is 284 g/mol. The lowest BCUT2D eigenvalue weighted by Gasteiger charge is -2.21. The number of benzene rings is 1. The van der Waals surface area contributed by atoms with Crippen molar-refractivity contribution < 1.29 is 4.79 Å². The maximum atomic E-state index is 12.5. The van der Waals surface area contributed by atoms with Crippen molar-refractivity contribution in [1.29, 1.82) is 0 Å². The number of amides is 1. The number of aryl methyl sites for hydroxylation is 1. The fraction of sp³-hybridized carbons (Fsp3) is 0.389. The van der Waals surface area contributed by atoms with Gasteiger partial charge in [0, 0.05) is 31.5 Å². The fourth-order valence-electron chi connectivity index (χ4n) is 2.57. The maximum Gasteiger partial charge on any atom is 0.227 e. The molecule has 0 atom stereocenters. The molecule has 1 amide bonds. The number of carbonyl (C=O) groups is 1. The number of carbonyl (C=O) groups excluding carboxylic acids is 1. The SMILES string of the molecule is CCN(Cc1ccccc1)C(=O)Cc1cc(C)n(C)c1C. The fourth-order valence-corrected chi connectivity index (χ4v) is 2.57. The quantitative estimate of drug-likeness (QED) is 0.827. The first-order valence-corrected chi connectivity index (χ1v) is 7.46. The highest BCUT2D eigenvalue weighted by molar-refractivity contribution is 5.79. The van der Waals surface area contributed by atoms with Crippen LogP contribution in [0.3, 0.4) is 0 Å². The molecule has 112 valence electrons. The van der Waals surface area contributed by atoms with Crippen molar-refractivity contribution >= 4 is 5.91 Å². The number of nitrogens with zero attached hydrogens (tertiary/aromatic N) is 2. The van der Waals surface area contributed by atoms with Gasteiger partial charge in [-0.05, 0) is 38.0 Å². The van der Waals surface area contributed by atoms with E-state index in [2.05, 4.69) is 36.6 Å². The molecular formula is C18H24N2O. The molecule has 1 aromatic heterocycles. The van der Waals surface area contributed by atoms with Gasteiger partial charge in [0.2, 0.25) is 5.91 Å². The lowest BCUT2D eigenvalue weighted by molar-refractivity contribution is -0.130. The zero-order valence-electron chi connectivity index (χ0n) is 13.4. The van der Waals surface area contributed by atoms with Gasteiger partial charge in [-0.25, -0.2) is 0 Å². The van der Waals surface area contributed by atoms with E-state index in [4.69, 9.17) is 0 Å². The monoisotopic (exact) mass is 284 g/mol. The Balaban J connectivity index is 2.08. The molecule has 1 aromatic carbocycles. The summed E-state index contributed by atoms with van der Waals surface area (Å²) < 4.78 is 2.14. The van der Waals surface area contributed by atoms with E-state index in [0.717, 1.165) is 12.1 Å². The van der Waals surface area contributed by atoms with E-state index in [1.807, 2.05) is 37.1 Å². The third kappa shape index (κ3) is 3.54. The molecular weight excluding hydrogens is 260 g/mol. The maximum absolute atomic E-state index is 12.5. The molecule has 0 N–H and O–H groups in total. The molecule has 0 aliphatic heterocycles. The molecule has 3 nitrogen and oxygen atoms in total. The standard InChI is InChI=1S/C18H24N2O/c1-5-20(13-16-9-7-6-8-10-16)18(21)12-17-11-14(2)19(4)15(17)3/h6-11H,5,12-13H2,1-4H3. The summed E-state index contributed by atoms with van der Waals surface area (Å²) in [5.41, 5.74) is 4.68. The third-order valence-corrected chi connectivity index (χ3v) is 4.17. The lowest BCUT2D eigenvalue weighted by Crippen LogP contribution is -2.31. The first kappa shape index (κ1) is 15.4. The Kier molecular flexibility index (Phi) is 4.84. The molecule has 0 saturated heterocycles. The minimum atomic E-state index is 0.190. The van der Waals surface area contributed by atoms with E-state index in [9.17, 15) is 4.79 Å². The van der Waals surface area contributed by atoms with Crippen molar-refractivity contribution in [2.24, 2.45) is 7.05 Å². The highest BCUT2D eigenvalue weighted by Crippen LogP contribution is 2.15. The van der Waals surface area contributed by atoms with E-state index in [0.29, 0.717) is 13.0 Å². The Morgan fingerprint density at radius 2 is 1.86 bits per heavy atom. The number of hydrogen-bond acceptors (Lipinski definition) is 1. The van der Waals surface area contributed by atoms with Gasteiger partial charge in [0.1, 0.15) is 0 Å². The molecule has 0 radical (unpaired) electrons. The summed E-state index contributed by atoms with van der Waals surface area (Å²) in [7, 11) is 2.04. The van der Waals surface area contributed by atoms with Crippen LogP contribution in [-0.2, 0) is 24.8 Å². The summed E-state index contributed by atoms with van der Waals surface area (Å²) in [5, 5.41) is 0. The largest absolute Gasteiger partial charge is 0.352 e. The predicted octanol–water partition coefficient (Wildman–Crippen LogP) is 3.23. The van der Waals surface area contributed by atoms with Crippen LogP contribution in [0.4, 0.5) is 0 Å². The highest BCUT2D eigenvalue weighted by Gasteiger charge is 2.16. The van der Waals surface area contributed by atoms with Crippen LogP contribution >= 0.6 is 0 Å². The summed E-state index contributed by atoms with van der Waals surface area (Å²) in [6.45, 7) is 7.59. The van der Waals surface area contributed by atoms with Gasteiger partial charge in [-0.3, -0.25) is 4.79 Å². The van der Waals surface area contributed by atoms with E-state index >= 15 is 0 Å². The first-order chi connectivity index (χ1) is 10.0. The van der Waals surface area contributed by atoms with Gasteiger partial charge in [0.05, 0.1) is 6.42 Å². The van der Waals surface area contributed by atoms with Crippen molar-refractivity contribution in [2.45, 2.75) is 33.7 Å². The van der Waals surface area contributed by atoms with Crippen molar-refractivity contribution in [3.63, 3.8) is 0 Å². The molecule has 2 aromatic rings. The van der Waals surface area contributed by atoms with Gasteiger partial charge in [-0.1, -0.05) is 30.3 Å². The summed E-state index contributed by atoms with van der Waals surface area (Å²) in [6, 6.07) is 12.3. The zero-order valence-corrected chi connectivity index (χ0v) is 13.4. The van der Waals surface area contributed by atoms with Gasteiger partial charge in [0.15, 0.2) is 0 Å². The minimum absolute atomic E-state index is 0.190. The van der Waals surface area contributed by atoms with Crippen LogP contribution in [0.1, 0.15) is 29.4 Å². The van der Waals surface area contributed by atoms with Crippen LogP contribution in [-0.4, -0.2) is 21.9 Å². The molecule has 3 heteroatoms. The van der Waals surface area contributed by atoms with Crippen molar-refractivity contribution in [3.05, 3.63) is 58.9 Å². The van der Waals surface area contributed by atoms with Gasteiger partial charge in [-0.2, -0.15) is 0 Å². The number of aromatic nitrogens is 1.